The Bertz CT molecular complexity index is 714. The van der Waals surface area contributed by atoms with Gasteiger partial charge < -0.3 is 10.2 Å². The molecule has 0 aromatic heterocycles. The molecule has 0 atom stereocenters. The fourth-order valence-corrected chi connectivity index (χ4v) is 2.57. The van der Waals surface area contributed by atoms with Crippen LogP contribution >= 0.6 is 11.6 Å². The van der Waals surface area contributed by atoms with Crippen molar-refractivity contribution in [1.82, 2.24) is 10.2 Å². The molecule has 0 saturated heterocycles. The first-order chi connectivity index (χ1) is 11.5. The number of nitrogens with zero attached hydrogens (tertiary/aromatic N) is 1. The Kier molecular flexibility index (Phi) is 6.38. The summed E-state index contributed by atoms with van der Waals surface area (Å²) in [5, 5.41) is 3.40. The van der Waals surface area contributed by atoms with Crippen LogP contribution in [0.15, 0.2) is 48.5 Å². The van der Waals surface area contributed by atoms with Crippen LogP contribution < -0.4 is 5.32 Å². The summed E-state index contributed by atoms with van der Waals surface area (Å²) >= 11 is 6.00. The lowest BCUT2D eigenvalue weighted by molar-refractivity contribution is -0.119. The second kappa shape index (κ2) is 8.50. The highest BCUT2D eigenvalue weighted by molar-refractivity contribution is 6.30. The van der Waals surface area contributed by atoms with Gasteiger partial charge in [0.1, 0.15) is 0 Å². The molecular formula is C19H21ClN2O2. The highest BCUT2D eigenvalue weighted by Crippen LogP contribution is 2.15. The fraction of sp³-hybridized carbons (Fsp3) is 0.263. The monoisotopic (exact) mass is 344 g/mol. The summed E-state index contributed by atoms with van der Waals surface area (Å²) in [7, 11) is 0. The van der Waals surface area contributed by atoms with E-state index in [9.17, 15) is 9.59 Å². The molecule has 24 heavy (non-hydrogen) atoms. The number of carbonyl (C=O) groups excluding carboxylic acids is 2. The van der Waals surface area contributed by atoms with E-state index < -0.39 is 0 Å². The molecule has 2 amide bonds. The number of halogens is 1. The van der Waals surface area contributed by atoms with Crippen molar-refractivity contribution in [2.45, 2.75) is 26.9 Å². The highest BCUT2D eigenvalue weighted by atomic mass is 35.5. The van der Waals surface area contributed by atoms with Gasteiger partial charge in [-0.3, -0.25) is 9.59 Å². The van der Waals surface area contributed by atoms with E-state index in [1.54, 1.807) is 17.0 Å². The molecule has 0 radical (unpaired) electrons. The molecule has 2 aromatic rings. The number of nitrogens with one attached hydrogen (secondary N) is 1. The summed E-state index contributed by atoms with van der Waals surface area (Å²) < 4.78 is 0. The maximum absolute atomic E-state index is 12.7. The average molecular weight is 345 g/mol. The molecule has 0 saturated carbocycles. The second-order valence-corrected chi connectivity index (χ2v) is 5.99. The van der Waals surface area contributed by atoms with Gasteiger partial charge in [-0.15, -0.1) is 0 Å². The van der Waals surface area contributed by atoms with E-state index in [1.165, 1.54) is 6.92 Å². The topological polar surface area (TPSA) is 49.4 Å². The molecule has 0 spiro atoms. The van der Waals surface area contributed by atoms with Gasteiger partial charge in [-0.1, -0.05) is 35.9 Å². The Labute approximate surface area is 147 Å². The predicted octanol–water partition coefficient (Wildman–Crippen LogP) is 3.64. The largest absolute Gasteiger partial charge is 0.352 e. The third kappa shape index (κ3) is 5.10. The van der Waals surface area contributed by atoms with Gasteiger partial charge in [-0.05, 0) is 42.3 Å². The van der Waals surface area contributed by atoms with Gasteiger partial charge in [0, 0.05) is 37.1 Å². The summed E-state index contributed by atoms with van der Waals surface area (Å²) in [5.74, 6) is -0.0996. The number of hydrogen-bond donors (Lipinski definition) is 1. The summed E-state index contributed by atoms with van der Waals surface area (Å²) in [6, 6.07) is 14.8. The quantitative estimate of drug-likeness (QED) is 0.869. The van der Waals surface area contributed by atoms with Gasteiger partial charge >= 0.3 is 0 Å². The van der Waals surface area contributed by atoms with Gasteiger partial charge in [0.25, 0.3) is 5.91 Å². The first-order valence-electron chi connectivity index (χ1n) is 7.86. The minimum absolute atomic E-state index is 0.0245. The van der Waals surface area contributed by atoms with Crippen LogP contribution in [-0.4, -0.2) is 23.3 Å². The Morgan fingerprint density at radius 1 is 1.08 bits per heavy atom. The third-order valence-electron chi connectivity index (χ3n) is 3.67. The zero-order valence-corrected chi connectivity index (χ0v) is 14.6. The molecule has 5 heteroatoms. The molecule has 0 heterocycles. The Morgan fingerprint density at radius 2 is 1.79 bits per heavy atom. The normalized spacial score (nSPS) is 10.3. The Balaban J connectivity index is 2.06. The highest BCUT2D eigenvalue weighted by Gasteiger charge is 2.14. The van der Waals surface area contributed by atoms with Crippen LogP contribution in [0.3, 0.4) is 0 Å². The molecular weight excluding hydrogens is 324 g/mol. The summed E-state index contributed by atoms with van der Waals surface area (Å²) in [6.45, 7) is 5.02. The summed E-state index contributed by atoms with van der Waals surface area (Å²) in [6.07, 6.45) is 0. The molecule has 0 aliphatic heterocycles. The zero-order chi connectivity index (χ0) is 17.5. The van der Waals surface area contributed by atoms with E-state index in [0.717, 1.165) is 11.1 Å². The number of benzene rings is 2. The van der Waals surface area contributed by atoms with E-state index in [-0.39, 0.29) is 11.8 Å². The van der Waals surface area contributed by atoms with E-state index in [0.29, 0.717) is 30.2 Å². The molecule has 0 bridgehead atoms. The van der Waals surface area contributed by atoms with Gasteiger partial charge in [0.15, 0.2) is 0 Å². The number of amides is 2. The van der Waals surface area contributed by atoms with E-state index in [2.05, 4.69) is 5.32 Å². The minimum atomic E-state index is -0.0752. The fourth-order valence-electron chi connectivity index (χ4n) is 2.36. The van der Waals surface area contributed by atoms with E-state index in [1.807, 2.05) is 43.3 Å². The van der Waals surface area contributed by atoms with Gasteiger partial charge in [0.05, 0.1) is 0 Å². The predicted molar refractivity (Wildman–Crippen MR) is 95.8 cm³/mol. The minimum Gasteiger partial charge on any atom is -0.352 e. The van der Waals surface area contributed by atoms with Crippen LogP contribution in [0.25, 0.3) is 0 Å². The molecule has 4 nitrogen and oxygen atoms in total. The zero-order valence-electron chi connectivity index (χ0n) is 13.9. The number of carbonyl (C=O) groups is 2. The average Bonchev–Trinajstić information content (AvgIpc) is 2.58. The van der Waals surface area contributed by atoms with Crippen LogP contribution in [0.2, 0.25) is 5.02 Å². The van der Waals surface area contributed by atoms with Crippen molar-refractivity contribution in [1.29, 1.82) is 0 Å². The second-order valence-electron chi connectivity index (χ2n) is 5.56. The van der Waals surface area contributed by atoms with Gasteiger partial charge in [-0.2, -0.15) is 0 Å². The third-order valence-corrected chi connectivity index (χ3v) is 3.91. The van der Waals surface area contributed by atoms with Crippen molar-refractivity contribution in [3.8, 4) is 0 Å². The lowest BCUT2D eigenvalue weighted by atomic mass is 10.1. The molecule has 0 aliphatic rings. The van der Waals surface area contributed by atoms with E-state index in [4.69, 9.17) is 11.6 Å². The number of rotatable bonds is 6. The van der Waals surface area contributed by atoms with Crippen molar-refractivity contribution < 1.29 is 9.59 Å². The van der Waals surface area contributed by atoms with E-state index >= 15 is 0 Å². The summed E-state index contributed by atoms with van der Waals surface area (Å²) in [5.41, 5.74) is 2.59. The first-order valence-corrected chi connectivity index (χ1v) is 8.24. The maximum Gasteiger partial charge on any atom is 0.254 e. The SMILES string of the molecule is CCN(Cc1cccc(Cl)c1)C(=O)c1ccc(CNC(C)=O)cc1. The molecule has 126 valence electrons. The van der Waals surface area contributed by atoms with Crippen LogP contribution in [0, 0.1) is 0 Å². The Morgan fingerprint density at radius 3 is 2.38 bits per heavy atom. The molecule has 0 aliphatic carbocycles. The van der Waals surface area contributed by atoms with Crippen molar-refractivity contribution >= 4 is 23.4 Å². The number of hydrogen-bond acceptors (Lipinski definition) is 2. The first kappa shape index (κ1) is 18.0. The standard InChI is InChI=1S/C19H21ClN2O2/c1-3-22(13-16-5-4-6-18(20)11-16)19(24)17-9-7-15(8-10-17)12-21-14(2)23/h4-11H,3,12-13H2,1-2H3,(H,21,23). The smallest absolute Gasteiger partial charge is 0.254 e. The van der Waals surface area contributed by atoms with Crippen LogP contribution in [-0.2, 0) is 17.9 Å². The van der Waals surface area contributed by atoms with Gasteiger partial charge in [-0.25, -0.2) is 0 Å². The molecule has 0 unspecified atom stereocenters. The molecule has 1 N–H and O–H groups in total. The maximum atomic E-state index is 12.7. The lowest BCUT2D eigenvalue weighted by Crippen LogP contribution is -2.30. The summed E-state index contributed by atoms with van der Waals surface area (Å²) in [4.78, 5) is 25.4. The van der Waals surface area contributed by atoms with Crippen molar-refractivity contribution in [2.24, 2.45) is 0 Å². The van der Waals surface area contributed by atoms with Crippen molar-refractivity contribution in [3.05, 3.63) is 70.2 Å². The van der Waals surface area contributed by atoms with Crippen LogP contribution in [0.5, 0.6) is 0 Å². The van der Waals surface area contributed by atoms with Crippen molar-refractivity contribution in [2.75, 3.05) is 6.54 Å². The lowest BCUT2D eigenvalue weighted by Gasteiger charge is -2.21. The van der Waals surface area contributed by atoms with Crippen molar-refractivity contribution in [3.63, 3.8) is 0 Å². The van der Waals surface area contributed by atoms with Crippen LogP contribution in [0.4, 0.5) is 0 Å². The van der Waals surface area contributed by atoms with Gasteiger partial charge in [0.2, 0.25) is 5.91 Å². The van der Waals surface area contributed by atoms with Crippen LogP contribution in [0.1, 0.15) is 35.3 Å². The molecule has 2 rings (SSSR count). The molecule has 0 fully saturated rings. The Hall–Kier alpha value is -2.33. The molecule has 2 aromatic carbocycles.